The molecule has 0 aromatic rings. The van der Waals surface area contributed by atoms with Gasteiger partial charge in [0.05, 0.1) is 13.2 Å². The Labute approximate surface area is 115 Å². The molecule has 17 heavy (non-hydrogen) atoms. The molecule has 1 aliphatic rings. The number of ether oxygens (including phenoxy) is 1. The predicted molar refractivity (Wildman–Crippen MR) is 65.5 cm³/mol. The smallest absolute Gasteiger partial charge is 0.379 e. The van der Waals surface area contributed by atoms with Gasteiger partial charge in [0.15, 0.2) is 0 Å². The van der Waals surface area contributed by atoms with E-state index in [1.165, 1.54) is 0 Å². The summed E-state index contributed by atoms with van der Waals surface area (Å²) in [4.78, 5) is 0. The monoisotopic (exact) mass is 326 g/mol. The lowest BCUT2D eigenvalue weighted by Gasteiger charge is -2.12. The molecule has 0 N–H and O–H groups in total. The van der Waals surface area contributed by atoms with Crippen LogP contribution in [-0.2, 0) is 22.9 Å². The number of rotatable bonds is 7. The highest BCUT2D eigenvalue weighted by Gasteiger charge is 2.55. The Morgan fingerprint density at radius 3 is 2.59 bits per heavy atom. The van der Waals surface area contributed by atoms with Crippen molar-refractivity contribution in [2.45, 2.75) is 29.8 Å². The van der Waals surface area contributed by atoms with Crippen LogP contribution < -0.4 is 0 Å². The van der Waals surface area contributed by atoms with Crippen LogP contribution in [0.25, 0.3) is 0 Å². The normalized spacial score (nSPS) is 31.9. The van der Waals surface area contributed by atoms with Crippen LogP contribution in [0.15, 0.2) is 0 Å². The highest BCUT2D eigenvalue weighted by Crippen LogP contribution is 2.64. The lowest BCUT2D eigenvalue weighted by atomic mass is 10.4. The zero-order valence-corrected chi connectivity index (χ0v) is 12.4. The molecule has 1 rings (SSSR count). The summed E-state index contributed by atoms with van der Waals surface area (Å²) in [5.41, 5.74) is -1.24. The van der Waals surface area contributed by atoms with E-state index in [9.17, 15) is 4.57 Å². The minimum atomic E-state index is -3.78. The number of hydrogen-bond donors (Lipinski definition) is 0. The summed E-state index contributed by atoms with van der Waals surface area (Å²) < 4.78 is 29.5. The van der Waals surface area contributed by atoms with Gasteiger partial charge in [-0.2, -0.15) is 0 Å². The highest BCUT2D eigenvalue weighted by atomic mass is 35.5. The fourth-order valence-electron chi connectivity index (χ4n) is 1.000. The molecule has 0 radical (unpaired) electrons. The molecule has 1 saturated heterocycles. The number of phosphoric acid groups is 1. The van der Waals surface area contributed by atoms with Gasteiger partial charge in [0.1, 0.15) is 0 Å². The third-order valence-corrected chi connectivity index (χ3v) is 4.83. The van der Waals surface area contributed by atoms with E-state index in [2.05, 4.69) is 6.92 Å². The summed E-state index contributed by atoms with van der Waals surface area (Å²) >= 11 is 16.7. The van der Waals surface area contributed by atoms with E-state index in [1.54, 1.807) is 0 Å². The van der Waals surface area contributed by atoms with E-state index in [0.717, 1.165) is 12.8 Å². The Morgan fingerprint density at radius 2 is 2.06 bits per heavy atom. The maximum atomic E-state index is 11.8. The van der Waals surface area contributed by atoms with E-state index in [-0.39, 0.29) is 13.2 Å². The van der Waals surface area contributed by atoms with Crippen molar-refractivity contribution in [2.24, 2.45) is 0 Å². The summed E-state index contributed by atoms with van der Waals surface area (Å²) in [7, 11) is -3.78. The first kappa shape index (κ1) is 16.0. The van der Waals surface area contributed by atoms with Crippen LogP contribution in [0.4, 0.5) is 0 Å². The minimum absolute atomic E-state index is 0.0501. The molecule has 1 fully saturated rings. The van der Waals surface area contributed by atoms with Gasteiger partial charge in [-0.25, -0.2) is 9.09 Å². The van der Waals surface area contributed by atoms with Crippen LogP contribution in [0, 0.1) is 0 Å². The molecule has 0 spiro atoms. The molecule has 1 heterocycles. The number of hydrogen-bond acceptors (Lipinski definition) is 5. The second-order valence-electron chi connectivity index (χ2n) is 3.32. The van der Waals surface area contributed by atoms with Crippen molar-refractivity contribution in [3.63, 3.8) is 0 Å². The van der Waals surface area contributed by atoms with Gasteiger partial charge in [-0.3, -0.25) is 9.05 Å². The van der Waals surface area contributed by atoms with Gasteiger partial charge >= 0.3 is 7.82 Å². The standard InChI is InChI=1S/C8H14Cl3O5P/c1-2-3-4-13-5-6-14-17(12)15-7(9)8(10,11)16-17/h7H,2-6H2,1H3. The largest absolute Gasteiger partial charge is 0.479 e. The van der Waals surface area contributed by atoms with Gasteiger partial charge in [-0.15, -0.1) is 0 Å². The van der Waals surface area contributed by atoms with Crippen LogP contribution in [-0.4, -0.2) is 29.9 Å². The summed E-state index contributed by atoms with van der Waals surface area (Å²) in [6.07, 6.45) is 2.00. The Bertz CT molecular complexity index is 288. The molecule has 0 aromatic carbocycles. The molecule has 0 aromatic heterocycles. The number of alkyl halides is 3. The van der Waals surface area contributed by atoms with Gasteiger partial charge in [-0.1, -0.05) is 48.1 Å². The quantitative estimate of drug-likeness (QED) is 0.406. The fourth-order valence-corrected chi connectivity index (χ4v) is 3.34. The average molecular weight is 328 g/mol. The maximum Gasteiger partial charge on any atom is 0.479 e. The van der Waals surface area contributed by atoms with Crippen molar-refractivity contribution < 1.29 is 22.9 Å². The van der Waals surface area contributed by atoms with Gasteiger partial charge in [0, 0.05) is 6.61 Å². The molecule has 102 valence electrons. The molecule has 0 bridgehead atoms. The van der Waals surface area contributed by atoms with E-state index in [4.69, 9.17) is 53.1 Å². The summed E-state index contributed by atoms with van der Waals surface area (Å²) in [5, 5.41) is 0. The van der Waals surface area contributed by atoms with E-state index in [1.807, 2.05) is 0 Å². The number of halogens is 3. The van der Waals surface area contributed by atoms with E-state index in [0.29, 0.717) is 6.61 Å². The second-order valence-corrected chi connectivity index (χ2v) is 6.58. The van der Waals surface area contributed by atoms with Crippen molar-refractivity contribution in [1.29, 1.82) is 0 Å². The van der Waals surface area contributed by atoms with Crippen LogP contribution in [0.2, 0.25) is 0 Å². The molecule has 5 nitrogen and oxygen atoms in total. The first-order chi connectivity index (χ1) is 7.90. The van der Waals surface area contributed by atoms with Crippen molar-refractivity contribution >= 4 is 42.6 Å². The SMILES string of the molecule is CCCCOCCOP1(=O)OC(Cl)C(Cl)(Cl)O1. The first-order valence-electron chi connectivity index (χ1n) is 5.13. The maximum absolute atomic E-state index is 11.8. The molecule has 0 saturated carbocycles. The Kier molecular flexibility index (Phi) is 6.51. The Balaban J connectivity index is 2.21. The van der Waals surface area contributed by atoms with Gasteiger partial charge in [-0.05, 0) is 6.42 Å². The molecular formula is C8H14Cl3O5P. The summed E-state index contributed by atoms with van der Waals surface area (Å²) in [6.45, 7) is 3.01. The number of unbranched alkanes of at least 4 members (excludes halogenated alkanes) is 1. The van der Waals surface area contributed by atoms with Crippen molar-refractivity contribution in [3.05, 3.63) is 0 Å². The fraction of sp³-hybridized carbons (Fsp3) is 1.00. The van der Waals surface area contributed by atoms with Gasteiger partial charge in [0.25, 0.3) is 4.52 Å². The van der Waals surface area contributed by atoms with Crippen LogP contribution >= 0.6 is 42.6 Å². The van der Waals surface area contributed by atoms with Crippen molar-refractivity contribution in [3.8, 4) is 0 Å². The van der Waals surface area contributed by atoms with Gasteiger partial charge in [0.2, 0.25) is 5.56 Å². The molecule has 2 atom stereocenters. The predicted octanol–water partition coefficient (Wildman–Crippen LogP) is 3.67. The average Bonchev–Trinajstić information content (AvgIpc) is 2.42. The van der Waals surface area contributed by atoms with E-state index < -0.39 is 17.9 Å². The van der Waals surface area contributed by atoms with Crippen LogP contribution in [0.5, 0.6) is 0 Å². The molecule has 2 unspecified atom stereocenters. The highest BCUT2D eigenvalue weighted by molar-refractivity contribution is 7.49. The minimum Gasteiger partial charge on any atom is -0.379 e. The summed E-state index contributed by atoms with van der Waals surface area (Å²) in [5.74, 6) is 0. The number of phosphoric ester groups is 1. The zero-order valence-electron chi connectivity index (χ0n) is 9.24. The molecule has 1 aliphatic heterocycles. The topological polar surface area (TPSA) is 54.0 Å². The Hall–Kier alpha value is 0.940. The van der Waals surface area contributed by atoms with Crippen LogP contribution in [0.3, 0.4) is 0 Å². The van der Waals surface area contributed by atoms with Crippen LogP contribution in [0.1, 0.15) is 19.8 Å². The lowest BCUT2D eigenvalue weighted by molar-refractivity contribution is 0.0818. The molecule has 0 aliphatic carbocycles. The summed E-state index contributed by atoms with van der Waals surface area (Å²) in [6, 6.07) is 0. The zero-order chi connectivity index (χ0) is 12.9. The first-order valence-corrected chi connectivity index (χ1v) is 7.78. The van der Waals surface area contributed by atoms with Crippen molar-refractivity contribution in [1.82, 2.24) is 0 Å². The third-order valence-electron chi connectivity index (χ3n) is 1.84. The Morgan fingerprint density at radius 1 is 1.35 bits per heavy atom. The lowest BCUT2D eigenvalue weighted by Crippen LogP contribution is -2.21. The van der Waals surface area contributed by atoms with E-state index >= 15 is 0 Å². The molecular weight excluding hydrogens is 313 g/mol. The molecule has 0 amide bonds. The second kappa shape index (κ2) is 6.92. The van der Waals surface area contributed by atoms with Crippen molar-refractivity contribution in [2.75, 3.05) is 19.8 Å². The van der Waals surface area contributed by atoms with Gasteiger partial charge < -0.3 is 4.74 Å². The molecule has 9 heteroatoms. The third kappa shape index (κ3) is 5.21.